The molecule has 380 valence electrons. The van der Waals surface area contributed by atoms with Crippen LogP contribution in [0, 0.1) is 6.85 Å². The highest BCUT2D eigenvalue weighted by Crippen LogP contribution is 2.48. The summed E-state index contributed by atoms with van der Waals surface area (Å²) in [6, 6.07) is 38.0. The van der Waals surface area contributed by atoms with Crippen molar-refractivity contribution in [3.63, 3.8) is 0 Å². The van der Waals surface area contributed by atoms with Crippen LogP contribution in [0.2, 0.25) is 0 Å². The molecule has 0 amide bonds. The minimum Gasteiger partial charge on any atom is -0.507 e. The minimum absolute atomic E-state index is 0.0556. The third kappa shape index (κ3) is 10.1. The number of para-hydroxylation sites is 1. The lowest BCUT2D eigenvalue weighted by atomic mass is 9.68. The van der Waals surface area contributed by atoms with Gasteiger partial charge in [-0.3, -0.25) is 9.55 Å². The van der Waals surface area contributed by atoms with Gasteiger partial charge in [0.25, 0.3) is 0 Å². The van der Waals surface area contributed by atoms with E-state index in [1.54, 1.807) is 24.4 Å². The van der Waals surface area contributed by atoms with Gasteiger partial charge in [0, 0.05) is 33.8 Å². The number of hydrogen-bond acceptors (Lipinski definition) is 3. The molecule has 0 aliphatic heterocycles. The van der Waals surface area contributed by atoms with E-state index in [1.807, 2.05) is 66.9 Å². The number of pyridine rings is 1. The number of imidazole rings is 1. The Morgan fingerprint density at radius 1 is 0.575 bits per heavy atom. The van der Waals surface area contributed by atoms with Gasteiger partial charge in [-0.1, -0.05) is 183 Å². The van der Waals surface area contributed by atoms with Crippen LogP contribution in [0.5, 0.6) is 5.75 Å². The molecule has 8 aromatic rings. The average molecular weight is 983 g/mol. The molecule has 6 aromatic carbocycles. The standard InChI is InChI=1S/C69H83N3O/c1-18-68(16,19-2)57-25-23-26-58(69(17,20-3)21-4)62(57)48-30-33-60(45(9)36-48)72-61-27-22-24-54(63(61)71-65(72)56-41-49(43(5)6)40-55(44(7)8)64(56)73)50-37-51(39-53(38-50)67(13,14)15)59-42-47(34-35-70-59)46-28-31-52(32-29-46)66(10,11)12/h22-44,73H,18-21H2,1-17H3/i9D3,10D3,11D3,12D3. The maximum atomic E-state index is 12.5. The molecule has 73 heavy (non-hydrogen) atoms. The molecule has 1 N–H and O–H groups in total. The molecule has 0 radical (unpaired) electrons. The Bertz CT molecular complexity index is 3680. The Morgan fingerprint density at radius 3 is 1.79 bits per heavy atom. The van der Waals surface area contributed by atoms with Crippen molar-refractivity contribution >= 4 is 11.0 Å². The number of benzene rings is 6. The van der Waals surface area contributed by atoms with Gasteiger partial charge in [-0.2, -0.15) is 0 Å². The van der Waals surface area contributed by atoms with Crippen LogP contribution in [0.15, 0.2) is 128 Å². The number of rotatable bonds is 14. The summed E-state index contributed by atoms with van der Waals surface area (Å²) >= 11 is 0. The van der Waals surface area contributed by atoms with Crippen LogP contribution < -0.4 is 0 Å². The van der Waals surface area contributed by atoms with Gasteiger partial charge in [-0.25, -0.2) is 4.98 Å². The summed E-state index contributed by atoms with van der Waals surface area (Å²) in [5.74, 6) is 0.488. The Morgan fingerprint density at radius 2 is 1.21 bits per heavy atom. The molecule has 0 aliphatic rings. The van der Waals surface area contributed by atoms with Gasteiger partial charge in [0.2, 0.25) is 0 Å². The first-order chi connectivity index (χ1) is 39.4. The van der Waals surface area contributed by atoms with Gasteiger partial charge in [0.1, 0.15) is 11.6 Å². The smallest absolute Gasteiger partial charge is 0.149 e. The molecule has 4 nitrogen and oxygen atoms in total. The molecule has 0 bridgehead atoms. The summed E-state index contributed by atoms with van der Waals surface area (Å²) in [5, 5.41) is 12.5. The predicted octanol–water partition coefficient (Wildman–Crippen LogP) is 19.8. The fourth-order valence-corrected chi connectivity index (χ4v) is 10.4. The number of phenolic OH excluding ortho intramolecular Hbond substituents is 1. The molecule has 4 heteroatoms. The molecular formula is C69H83N3O. The van der Waals surface area contributed by atoms with Crippen molar-refractivity contribution in [1.29, 1.82) is 0 Å². The van der Waals surface area contributed by atoms with Crippen molar-refractivity contribution in [2.24, 2.45) is 0 Å². The van der Waals surface area contributed by atoms with E-state index in [0.717, 1.165) is 70.2 Å². The van der Waals surface area contributed by atoms with Crippen LogP contribution in [0.4, 0.5) is 0 Å². The zero-order valence-electron chi connectivity index (χ0n) is 57.4. The number of aromatic nitrogens is 3. The molecule has 8 rings (SSSR count). The first-order valence-corrected chi connectivity index (χ1v) is 26.3. The largest absolute Gasteiger partial charge is 0.507 e. The molecule has 0 saturated heterocycles. The van der Waals surface area contributed by atoms with Crippen LogP contribution in [-0.4, -0.2) is 19.6 Å². The van der Waals surface area contributed by atoms with E-state index in [9.17, 15) is 9.22 Å². The maximum absolute atomic E-state index is 12.5. The number of hydrogen-bond donors (Lipinski definition) is 1. The zero-order chi connectivity index (χ0) is 62.9. The Labute approximate surface area is 456 Å². The van der Waals surface area contributed by atoms with Crippen LogP contribution >= 0.6 is 0 Å². The van der Waals surface area contributed by atoms with Crippen LogP contribution in [-0.2, 0) is 21.7 Å². The van der Waals surface area contributed by atoms with Gasteiger partial charge < -0.3 is 5.11 Å². The summed E-state index contributed by atoms with van der Waals surface area (Å²) < 4.78 is 104. The molecule has 0 saturated carbocycles. The fourth-order valence-electron chi connectivity index (χ4n) is 10.4. The second-order valence-corrected chi connectivity index (χ2v) is 22.6. The minimum atomic E-state index is -3.40. The Hall–Kier alpha value is -6.26. The van der Waals surface area contributed by atoms with Gasteiger partial charge >= 0.3 is 0 Å². The van der Waals surface area contributed by atoms with Crippen molar-refractivity contribution in [3.05, 3.63) is 166 Å². The highest BCUT2D eigenvalue weighted by Gasteiger charge is 2.33. The summed E-state index contributed by atoms with van der Waals surface area (Å²) in [5.41, 5.74) is 9.22. The monoisotopic (exact) mass is 982 g/mol. The van der Waals surface area contributed by atoms with Crippen molar-refractivity contribution < 1.29 is 21.6 Å². The van der Waals surface area contributed by atoms with Crippen LogP contribution in [0.25, 0.3) is 72.7 Å². The Balaban J connectivity index is 1.40. The molecular weight excluding hydrogens is 887 g/mol. The highest BCUT2D eigenvalue weighted by atomic mass is 16.3. The van der Waals surface area contributed by atoms with Crippen molar-refractivity contribution in [2.75, 3.05) is 0 Å². The molecule has 0 unspecified atom stereocenters. The topological polar surface area (TPSA) is 50.9 Å². The fraction of sp³-hybridized carbons (Fsp3) is 0.391. The van der Waals surface area contributed by atoms with E-state index in [1.165, 1.54) is 23.3 Å². The van der Waals surface area contributed by atoms with Gasteiger partial charge in [-0.05, 0) is 181 Å². The lowest BCUT2D eigenvalue weighted by Crippen LogP contribution is -2.25. The number of aryl methyl sites for hydroxylation is 1. The summed E-state index contributed by atoms with van der Waals surface area (Å²) in [6.07, 6.45) is 5.24. The first-order valence-electron chi connectivity index (χ1n) is 32.3. The lowest BCUT2D eigenvalue weighted by molar-refractivity contribution is 0.426. The van der Waals surface area contributed by atoms with Crippen molar-refractivity contribution in [3.8, 4) is 67.5 Å². The second-order valence-electron chi connectivity index (χ2n) is 22.6. The Kier molecular flexibility index (Phi) is 10.9. The van der Waals surface area contributed by atoms with Crippen LogP contribution in [0.3, 0.4) is 0 Å². The number of aromatic hydroxyl groups is 1. The van der Waals surface area contributed by atoms with Crippen LogP contribution in [0.1, 0.15) is 203 Å². The number of nitrogens with zero attached hydrogens (tertiary/aromatic N) is 3. The van der Waals surface area contributed by atoms with E-state index in [0.29, 0.717) is 44.9 Å². The lowest BCUT2D eigenvalue weighted by Gasteiger charge is -2.36. The maximum Gasteiger partial charge on any atom is 0.149 e. The van der Waals surface area contributed by atoms with E-state index < -0.39 is 32.8 Å². The van der Waals surface area contributed by atoms with E-state index >= 15 is 0 Å². The van der Waals surface area contributed by atoms with E-state index in [4.69, 9.17) is 22.3 Å². The summed E-state index contributed by atoms with van der Waals surface area (Å²) in [6.45, 7) is 15.4. The zero-order valence-corrected chi connectivity index (χ0v) is 45.4. The predicted molar refractivity (Wildman–Crippen MR) is 314 cm³/mol. The summed E-state index contributed by atoms with van der Waals surface area (Å²) in [7, 11) is 0. The molecule has 2 aromatic heterocycles. The third-order valence-electron chi connectivity index (χ3n) is 16.2. The van der Waals surface area contributed by atoms with E-state index in [2.05, 4.69) is 119 Å². The third-order valence-corrected chi connectivity index (χ3v) is 16.2. The quantitative estimate of drug-likeness (QED) is 0.118. The normalized spacial score (nSPS) is 15.8. The van der Waals surface area contributed by atoms with Crippen molar-refractivity contribution in [1.82, 2.24) is 14.5 Å². The molecule has 0 aliphatic carbocycles. The van der Waals surface area contributed by atoms with E-state index in [-0.39, 0.29) is 45.0 Å². The number of fused-ring (bicyclic) bond motifs is 1. The summed E-state index contributed by atoms with van der Waals surface area (Å²) in [4.78, 5) is 10.4. The molecule has 0 spiro atoms. The second kappa shape index (κ2) is 20.2. The van der Waals surface area contributed by atoms with Gasteiger partial charge in [-0.15, -0.1) is 0 Å². The van der Waals surface area contributed by atoms with Gasteiger partial charge in [0.05, 0.1) is 28.0 Å². The number of phenols is 1. The average Bonchev–Trinajstić information content (AvgIpc) is 1.34. The first kappa shape index (κ1) is 39.2. The molecule has 0 fully saturated rings. The highest BCUT2D eigenvalue weighted by molar-refractivity contribution is 5.97. The molecule has 2 heterocycles. The van der Waals surface area contributed by atoms with Gasteiger partial charge in [0.15, 0.2) is 0 Å². The molecule has 0 atom stereocenters. The van der Waals surface area contributed by atoms with Crippen molar-refractivity contribution in [2.45, 2.75) is 177 Å². The SMILES string of the molecule is [2H]C([2H])([2H])c1cc(-c2c(C(C)(CC)CC)cccc2C(C)(CC)CC)ccc1-n1c(-c2cc(C(C)C)cc(C(C)C)c2O)nc2c(-c3cc(-c4cc(-c5ccc(C(C([2H])([2H])[2H])(C([2H])([2H])[2H])C([2H])([2H])[2H])cc5)ccn4)cc(C(C)(C)C)c3)cccc21.